The molecule has 1 aliphatic heterocycles. The van der Waals surface area contributed by atoms with Crippen molar-refractivity contribution < 1.29 is 4.79 Å². The van der Waals surface area contributed by atoms with Crippen LogP contribution in [0.3, 0.4) is 0 Å². The van der Waals surface area contributed by atoms with Crippen LogP contribution in [-0.2, 0) is 4.79 Å². The fourth-order valence-corrected chi connectivity index (χ4v) is 4.42. The van der Waals surface area contributed by atoms with E-state index < -0.39 is 0 Å². The summed E-state index contributed by atoms with van der Waals surface area (Å²) in [7, 11) is 0. The lowest BCUT2D eigenvalue weighted by atomic mass is 9.73. The summed E-state index contributed by atoms with van der Waals surface area (Å²) in [6.45, 7) is 4.32. The minimum atomic E-state index is -0.187. The first-order chi connectivity index (χ1) is 13.5. The van der Waals surface area contributed by atoms with Crippen LogP contribution in [0.4, 0.5) is 5.82 Å². The fourth-order valence-electron chi connectivity index (χ4n) is 4.42. The molecule has 0 saturated heterocycles. The molecule has 2 aliphatic rings. The van der Waals surface area contributed by atoms with E-state index in [4.69, 9.17) is 5.10 Å². The number of hydrogen-bond acceptors (Lipinski definition) is 3. The average Bonchev–Trinajstić information content (AvgIpc) is 3.10. The number of nitrogens with zero attached hydrogens (tertiary/aromatic N) is 2. The zero-order chi connectivity index (χ0) is 19.3. The summed E-state index contributed by atoms with van der Waals surface area (Å²) in [4.78, 5) is 13.2. The third-order valence-electron chi connectivity index (χ3n) is 5.64. The number of Topliss-reactive ketones (excluding diaryl/α,β-unsaturated/α-hetero) is 1. The van der Waals surface area contributed by atoms with E-state index in [2.05, 4.69) is 49.5 Å². The number of allylic oxidation sites excluding steroid dienone is 2. The largest absolute Gasteiger partial charge is 0.343 e. The van der Waals surface area contributed by atoms with Crippen LogP contribution in [0.25, 0.3) is 11.3 Å². The smallest absolute Gasteiger partial charge is 0.163 e. The predicted octanol–water partition coefficient (Wildman–Crippen LogP) is 5.21. The molecule has 0 radical (unpaired) electrons. The number of aromatic nitrogens is 2. The average molecular weight is 369 g/mol. The molecule has 28 heavy (non-hydrogen) atoms. The van der Waals surface area contributed by atoms with Crippen molar-refractivity contribution in [3.05, 3.63) is 83.6 Å². The Morgan fingerprint density at radius 1 is 1.00 bits per heavy atom. The van der Waals surface area contributed by atoms with Crippen molar-refractivity contribution in [2.24, 2.45) is 5.41 Å². The Hall–Kier alpha value is -3.14. The molecule has 1 aliphatic carbocycles. The highest BCUT2D eigenvalue weighted by Crippen LogP contribution is 2.46. The van der Waals surface area contributed by atoms with Gasteiger partial charge >= 0.3 is 0 Å². The lowest BCUT2D eigenvalue weighted by Crippen LogP contribution is -2.36. The monoisotopic (exact) mass is 369 g/mol. The number of carbonyl (C=O) groups is 1. The Morgan fingerprint density at radius 3 is 2.39 bits per heavy atom. The van der Waals surface area contributed by atoms with Crippen LogP contribution in [0, 0.1) is 5.41 Å². The Balaban J connectivity index is 1.69. The van der Waals surface area contributed by atoms with E-state index in [0.29, 0.717) is 6.42 Å². The maximum Gasteiger partial charge on any atom is 0.163 e. The van der Waals surface area contributed by atoms with Gasteiger partial charge < -0.3 is 5.32 Å². The van der Waals surface area contributed by atoms with E-state index in [9.17, 15) is 4.79 Å². The number of rotatable bonds is 2. The number of hydrogen-bond donors (Lipinski definition) is 1. The van der Waals surface area contributed by atoms with Crippen LogP contribution in [0.5, 0.6) is 0 Å². The zero-order valence-corrected chi connectivity index (χ0v) is 16.1. The summed E-state index contributed by atoms with van der Waals surface area (Å²) in [6.07, 6.45) is 1.43. The molecule has 140 valence electrons. The molecule has 0 saturated carbocycles. The highest BCUT2D eigenvalue weighted by atomic mass is 16.1. The molecule has 1 atom stereocenters. The van der Waals surface area contributed by atoms with E-state index in [-0.39, 0.29) is 17.2 Å². The first-order valence-corrected chi connectivity index (χ1v) is 9.75. The van der Waals surface area contributed by atoms with Gasteiger partial charge in [0.2, 0.25) is 0 Å². The first kappa shape index (κ1) is 17.0. The highest BCUT2D eigenvalue weighted by Gasteiger charge is 2.41. The van der Waals surface area contributed by atoms with Gasteiger partial charge in [-0.25, -0.2) is 4.68 Å². The predicted molar refractivity (Wildman–Crippen MR) is 111 cm³/mol. The highest BCUT2D eigenvalue weighted by molar-refractivity contribution is 6.00. The van der Waals surface area contributed by atoms with E-state index >= 15 is 0 Å². The van der Waals surface area contributed by atoms with Crippen LogP contribution >= 0.6 is 0 Å². The molecule has 0 spiro atoms. The number of anilines is 1. The van der Waals surface area contributed by atoms with Crippen LogP contribution in [-0.4, -0.2) is 15.6 Å². The molecule has 5 rings (SSSR count). The standard InChI is InChI=1S/C24H23N3O/c1-24(2)14-19-22(20(28)15-24)23(17-11-7-4-8-12-17)27-21(25-19)13-18(26-27)16-9-5-3-6-10-16/h3-13,23,25H,14-15H2,1-2H3. The molecule has 0 amide bonds. The van der Waals surface area contributed by atoms with Crippen LogP contribution in [0.15, 0.2) is 78.0 Å². The van der Waals surface area contributed by atoms with E-state index in [1.807, 2.05) is 41.1 Å². The quantitative estimate of drug-likeness (QED) is 0.675. The molecular formula is C24H23N3O. The maximum absolute atomic E-state index is 13.2. The van der Waals surface area contributed by atoms with Crippen LogP contribution < -0.4 is 5.32 Å². The molecular weight excluding hydrogens is 346 g/mol. The third-order valence-corrected chi connectivity index (χ3v) is 5.64. The number of carbonyl (C=O) groups excluding carboxylic acids is 1. The Kier molecular flexibility index (Phi) is 3.76. The second-order valence-corrected chi connectivity index (χ2v) is 8.50. The summed E-state index contributed by atoms with van der Waals surface area (Å²) in [5, 5.41) is 8.44. The van der Waals surface area contributed by atoms with E-state index in [1.165, 1.54) is 0 Å². The lowest BCUT2D eigenvalue weighted by molar-refractivity contribution is -0.118. The second kappa shape index (κ2) is 6.20. The van der Waals surface area contributed by atoms with Crippen molar-refractivity contribution in [1.29, 1.82) is 0 Å². The summed E-state index contributed by atoms with van der Waals surface area (Å²) in [6, 6.07) is 22.3. The van der Waals surface area contributed by atoms with Crippen molar-refractivity contribution in [1.82, 2.24) is 9.78 Å². The van der Waals surface area contributed by atoms with Gasteiger partial charge in [0.05, 0.1) is 5.69 Å². The van der Waals surface area contributed by atoms with Crippen LogP contribution in [0.1, 0.15) is 38.3 Å². The minimum Gasteiger partial charge on any atom is -0.343 e. The lowest BCUT2D eigenvalue weighted by Gasteiger charge is -2.38. The number of ketones is 1. The molecule has 1 N–H and O–H groups in total. The van der Waals surface area contributed by atoms with Gasteiger partial charge in [-0.15, -0.1) is 0 Å². The van der Waals surface area contributed by atoms with Crippen molar-refractivity contribution in [2.45, 2.75) is 32.7 Å². The van der Waals surface area contributed by atoms with Gasteiger partial charge in [-0.05, 0) is 17.4 Å². The fraction of sp³-hybridized carbons (Fsp3) is 0.250. The number of benzene rings is 2. The van der Waals surface area contributed by atoms with E-state index in [1.54, 1.807) is 0 Å². The van der Waals surface area contributed by atoms with Crippen molar-refractivity contribution >= 4 is 11.6 Å². The van der Waals surface area contributed by atoms with Crippen molar-refractivity contribution in [3.63, 3.8) is 0 Å². The van der Waals surface area contributed by atoms with Crippen LogP contribution in [0.2, 0.25) is 0 Å². The SMILES string of the molecule is CC1(C)CC(=O)C2=C(C1)Nc1cc(-c3ccccc3)nn1C2c1ccccc1. The molecule has 4 heteroatoms. The second-order valence-electron chi connectivity index (χ2n) is 8.50. The van der Waals surface area contributed by atoms with Crippen molar-refractivity contribution in [3.8, 4) is 11.3 Å². The zero-order valence-electron chi connectivity index (χ0n) is 16.1. The summed E-state index contributed by atoms with van der Waals surface area (Å²) in [5.41, 5.74) is 4.95. The topological polar surface area (TPSA) is 46.9 Å². The van der Waals surface area contributed by atoms with Gasteiger partial charge in [-0.3, -0.25) is 4.79 Å². The van der Waals surface area contributed by atoms with Gasteiger partial charge in [0.25, 0.3) is 0 Å². The molecule has 2 heterocycles. The number of nitrogens with one attached hydrogen (secondary N) is 1. The van der Waals surface area contributed by atoms with Gasteiger partial charge in [0, 0.05) is 29.3 Å². The summed E-state index contributed by atoms with van der Waals surface area (Å²) in [5.74, 6) is 1.16. The molecule has 0 bridgehead atoms. The summed E-state index contributed by atoms with van der Waals surface area (Å²) >= 11 is 0. The number of fused-ring (bicyclic) bond motifs is 1. The molecule has 4 nitrogen and oxygen atoms in total. The molecule has 1 unspecified atom stereocenters. The van der Waals surface area contributed by atoms with Gasteiger partial charge in [0.1, 0.15) is 11.9 Å². The van der Waals surface area contributed by atoms with Gasteiger partial charge in [0.15, 0.2) is 5.78 Å². The van der Waals surface area contributed by atoms with Gasteiger partial charge in [-0.2, -0.15) is 5.10 Å². The third kappa shape index (κ3) is 2.76. The minimum absolute atomic E-state index is 0.0331. The molecule has 2 aromatic carbocycles. The normalized spacial score (nSPS) is 20.4. The Morgan fingerprint density at radius 2 is 1.68 bits per heavy atom. The molecule has 0 fully saturated rings. The Bertz CT molecular complexity index is 1080. The Labute approximate surface area is 164 Å². The maximum atomic E-state index is 13.2. The molecule has 3 aromatic rings. The van der Waals surface area contributed by atoms with Gasteiger partial charge in [-0.1, -0.05) is 74.5 Å². The summed E-state index contributed by atoms with van der Waals surface area (Å²) < 4.78 is 1.98. The molecule has 1 aromatic heterocycles. The first-order valence-electron chi connectivity index (χ1n) is 9.75. The van der Waals surface area contributed by atoms with E-state index in [0.717, 1.165) is 40.3 Å². The van der Waals surface area contributed by atoms with Crippen molar-refractivity contribution in [2.75, 3.05) is 5.32 Å².